The molecule has 7 nitrogen and oxygen atoms in total. The van der Waals surface area contributed by atoms with Crippen LogP contribution >= 0.6 is 0 Å². The van der Waals surface area contributed by atoms with E-state index < -0.39 is 5.60 Å². The van der Waals surface area contributed by atoms with Crippen molar-refractivity contribution in [1.29, 1.82) is 0 Å². The molecule has 0 radical (unpaired) electrons. The summed E-state index contributed by atoms with van der Waals surface area (Å²) in [6, 6.07) is 10.7. The maximum absolute atomic E-state index is 12.5. The number of pyridine rings is 1. The number of hydrogen-bond acceptors (Lipinski definition) is 5. The zero-order chi connectivity index (χ0) is 20.1. The Morgan fingerprint density at radius 2 is 1.89 bits per heavy atom. The molecule has 1 aromatic heterocycles. The highest BCUT2D eigenvalue weighted by atomic mass is 16.6. The van der Waals surface area contributed by atoms with E-state index in [0.717, 1.165) is 0 Å². The van der Waals surface area contributed by atoms with Crippen LogP contribution in [0.3, 0.4) is 0 Å². The Hall–Kier alpha value is -3.09. The Balaban J connectivity index is 1.51. The van der Waals surface area contributed by atoms with E-state index in [1.807, 2.05) is 26.8 Å². The Morgan fingerprint density at radius 1 is 1.14 bits per heavy atom. The third-order valence-electron chi connectivity index (χ3n) is 4.20. The van der Waals surface area contributed by atoms with Crippen molar-refractivity contribution in [1.82, 2.24) is 9.88 Å². The second-order valence-electron chi connectivity index (χ2n) is 7.72. The van der Waals surface area contributed by atoms with Gasteiger partial charge in [0.25, 0.3) is 0 Å². The third-order valence-corrected chi connectivity index (χ3v) is 4.20. The van der Waals surface area contributed by atoms with Crippen LogP contribution in [0.5, 0.6) is 11.5 Å². The number of nitrogens with zero attached hydrogens (tertiary/aromatic N) is 2. The molecule has 2 heterocycles. The van der Waals surface area contributed by atoms with E-state index in [-0.39, 0.29) is 17.9 Å². The zero-order valence-corrected chi connectivity index (χ0v) is 16.3. The first-order chi connectivity index (χ1) is 13.3. The molecular weight excluding hydrogens is 358 g/mol. The normalized spacial score (nSPS) is 16.5. The van der Waals surface area contributed by atoms with Crippen molar-refractivity contribution in [3.63, 3.8) is 0 Å². The number of anilines is 1. The largest absolute Gasteiger partial charge is 0.456 e. The number of nitrogens with one attached hydrogen (secondary N) is 1. The second kappa shape index (κ2) is 8.29. The van der Waals surface area contributed by atoms with Crippen molar-refractivity contribution in [2.24, 2.45) is 5.92 Å². The summed E-state index contributed by atoms with van der Waals surface area (Å²) in [5, 5.41) is 2.90. The van der Waals surface area contributed by atoms with Gasteiger partial charge >= 0.3 is 6.09 Å². The fraction of sp³-hybridized carbons (Fsp3) is 0.381. The van der Waals surface area contributed by atoms with Gasteiger partial charge in [0.05, 0.1) is 12.1 Å². The first-order valence-electron chi connectivity index (χ1n) is 9.27. The maximum atomic E-state index is 12.5. The molecule has 2 amide bonds. The Morgan fingerprint density at radius 3 is 2.54 bits per heavy atom. The van der Waals surface area contributed by atoms with Crippen LogP contribution in [0.25, 0.3) is 0 Å². The molecule has 1 aromatic carbocycles. The number of benzene rings is 1. The van der Waals surface area contributed by atoms with Crippen molar-refractivity contribution < 1.29 is 19.1 Å². The van der Waals surface area contributed by atoms with Gasteiger partial charge in [-0.1, -0.05) is 0 Å². The van der Waals surface area contributed by atoms with Crippen LogP contribution in [-0.4, -0.2) is 40.6 Å². The van der Waals surface area contributed by atoms with E-state index in [0.29, 0.717) is 36.7 Å². The molecule has 1 aliphatic rings. The molecule has 0 saturated carbocycles. The van der Waals surface area contributed by atoms with Gasteiger partial charge in [-0.3, -0.25) is 9.78 Å². The van der Waals surface area contributed by atoms with Crippen LogP contribution in [0.2, 0.25) is 0 Å². The Labute approximate surface area is 164 Å². The molecule has 1 N–H and O–H groups in total. The molecule has 1 aliphatic heterocycles. The Bertz CT molecular complexity index is 816. The van der Waals surface area contributed by atoms with Gasteiger partial charge in [0.2, 0.25) is 5.91 Å². The van der Waals surface area contributed by atoms with Gasteiger partial charge in [-0.15, -0.1) is 0 Å². The number of carbonyl (C=O) groups excluding carboxylic acids is 2. The number of amides is 2. The molecule has 0 aliphatic carbocycles. The molecular formula is C21H25N3O4. The summed E-state index contributed by atoms with van der Waals surface area (Å²) < 4.78 is 11.1. The van der Waals surface area contributed by atoms with Crippen molar-refractivity contribution >= 4 is 17.7 Å². The van der Waals surface area contributed by atoms with Crippen molar-refractivity contribution in [3.8, 4) is 11.5 Å². The highest BCUT2D eigenvalue weighted by Crippen LogP contribution is 2.24. The highest BCUT2D eigenvalue weighted by Gasteiger charge is 2.33. The van der Waals surface area contributed by atoms with E-state index in [2.05, 4.69) is 10.3 Å². The van der Waals surface area contributed by atoms with Gasteiger partial charge in [-0.25, -0.2) is 4.79 Å². The lowest BCUT2D eigenvalue weighted by atomic mass is 10.1. The maximum Gasteiger partial charge on any atom is 0.410 e. The summed E-state index contributed by atoms with van der Waals surface area (Å²) >= 11 is 0. The third kappa shape index (κ3) is 5.45. The van der Waals surface area contributed by atoms with Gasteiger partial charge in [0, 0.05) is 25.0 Å². The zero-order valence-electron chi connectivity index (χ0n) is 16.3. The Kier molecular flexibility index (Phi) is 5.82. The topological polar surface area (TPSA) is 80.8 Å². The van der Waals surface area contributed by atoms with Crippen molar-refractivity contribution in [3.05, 3.63) is 48.8 Å². The standard InChI is InChI=1S/C21H25N3O4/c1-21(2,3)28-20(26)24-12-10-15(14-24)19(25)23-16-6-8-17(9-7-16)27-18-5-4-11-22-13-18/h4-9,11,13,15H,10,12,14H2,1-3H3,(H,23,25). The highest BCUT2D eigenvalue weighted by molar-refractivity contribution is 5.93. The molecule has 1 unspecified atom stereocenters. The van der Waals surface area contributed by atoms with Gasteiger partial charge in [0.1, 0.15) is 17.1 Å². The lowest BCUT2D eigenvalue weighted by molar-refractivity contribution is -0.119. The fourth-order valence-electron chi connectivity index (χ4n) is 2.86. The fourth-order valence-corrected chi connectivity index (χ4v) is 2.86. The molecule has 0 spiro atoms. The molecule has 1 fully saturated rings. The van der Waals surface area contributed by atoms with E-state index in [4.69, 9.17) is 9.47 Å². The van der Waals surface area contributed by atoms with Crippen LogP contribution in [-0.2, 0) is 9.53 Å². The van der Waals surface area contributed by atoms with Crippen molar-refractivity contribution in [2.75, 3.05) is 18.4 Å². The minimum Gasteiger partial charge on any atom is -0.456 e. The first-order valence-corrected chi connectivity index (χ1v) is 9.27. The number of carbonyl (C=O) groups is 2. The summed E-state index contributed by atoms with van der Waals surface area (Å²) in [6.07, 6.45) is 3.55. The molecule has 148 valence electrons. The number of likely N-dealkylation sites (tertiary alicyclic amines) is 1. The molecule has 1 saturated heterocycles. The quantitative estimate of drug-likeness (QED) is 0.861. The summed E-state index contributed by atoms with van der Waals surface area (Å²) in [4.78, 5) is 30.2. The van der Waals surface area contributed by atoms with E-state index in [1.165, 1.54) is 0 Å². The first kappa shape index (κ1) is 19.7. The van der Waals surface area contributed by atoms with E-state index in [1.54, 1.807) is 47.6 Å². The van der Waals surface area contributed by atoms with Gasteiger partial charge in [-0.05, 0) is 63.6 Å². The van der Waals surface area contributed by atoms with Crippen LogP contribution < -0.4 is 10.1 Å². The van der Waals surface area contributed by atoms with Crippen LogP contribution in [0, 0.1) is 5.92 Å². The predicted octanol–water partition coefficient (Wildman–Crippen LogP) is 4.07. The average molecular weight is 383 g/mol. The van der Waals surface area contributed by atoms with E-state index >= 15 is 0 Å². The molecule has 0 bridgehead atoms. The predicted molar refractivity (Wildman–Crippen MR) is 105 cm³/mol. The second-order valence-corrected chi connectivity index (χ2v) is 7.72. The molecule has 1 atom stereocenters. The lowest BCUT2D eigenvalue weighted by Gasteiger charge is -2.24. The van der Waals surface area contributed by atoms with Crippen LogP contribution in [0.4, 0.5) is 10.5 Å². The average Bonchev–Trinajstić information content (AvgIpc) is 3.13. The SMILES string of the molecule is CC(C)(C)OC(=O)N1CCC(C(=O)Nc2ccc(Oc3cccnc3)cc2)C1. The molecule has 7 heteroatoms. The van der Waals surface area contributed by atoms with Crippen molar-refractivity contribution in [2.45, 2.75) is 32.8 Å². The molecule has 3 rings (SSSR count). The minimum absolute atomic E-state index is 0.105. The van der Waals surface area contributed by atoms with Gasteiger partial charge in [-0.2, -0.15) is 0 Å². The summed E-state index contributed by atoms with van der Waals surface area (Å²) in [5.74, 6) is 0.946. The van der Waals surface area contributed by atoms with Crippen LogP contribution in [0.15, 0.2) is 48.8 Å². The minimum atomic E-state index is -0.545. The summed E-state index contributed by atoms with van der Waals surface area (Å²) in [7, 11) is 0. The van der Waals surface area contributed by atoms with Crippen LogP contribution in [0.1, 0.15) is 27.2 Å². The van der Waals surface area contributed by atoms with E-state index in [9.17, 15) is 9.59 Å². The smallest absolute Gasteiger partial charge is 0.410 e. The summed E-state index contributed by atoms with van der Waals surface area (Å²) in [6.45, 7) is 6.36. The number of aromatic nitrogens is 1. The lowest BCUT2D eigenvalue weighted by Crippen LogP contribution is -2.36. The van der Waals surface area contributed by atoms with Gasteiger partial charge < -0.3 is 19.7 Å². The summed E-state index contributed by atoms with van der Waals surface area (Å²) in [5.41, 5.74) is 0.135. The number of ether oxygens (including phenoxy) is 2. The number of rotatable bonds is 4. The van der Waals surface area contributed by atoms with Gasteiger partial charge in [0.15, 0.2) is 0 Å². The monoisotopic (exact) mass is 383 g/mol. The number of hydrogen-bond donors (Lipinski definition) is 1. The molecule has 2 aromatic rings. The molecule has 28 heavy (non-hydrogen) atoms.